The number of aromatic nitrogens is 5. The summed E-state index contributed by atoms with van der Waals surface area (Å²) in [6.45, 7) is -1.98. The second kappa shape index (κ2) is 6.43. The Kier molecular flexibility index (Phi) is 4.68. The van der Waals surface area contributed by atoms with E-state index in [1.54, 1.807) is 0 Å². The molecule has 0 amide bonds. The maximum absolute atomic E-state index is 13.5. The number of imidazole rings is 1. The molecule has 0 unspecified atom stereocenters. The van der Waals surface area contributed by atoms with Crippen LogP contribution in [0.1, 0.15) is 5.69 Å². The first kappa shape index (κ1) is 21.1. The summed E-state index contributed by atoms with van der Waals surface area (Å²) >= 11 is 5.78. The topological polar surface area (TPSA) is 57.1 Å². The van der Waals surface area contributed by atoms with Crippen molar-refractivity contribution in [3.63, 3.8) is 0 Å². The Hall–Kier alpha value is -2.64. The van der Waals surface area contributed by atoms with Gasteiger partial charge in [0.25, 0.3) is 5.56 Å². The molecular weight excluding hydrogens is 442 g/mol. The Morgan fingerprint density at radius 1 is 1.07 bits per heavy atom. The standard InChI is InChI=1S/C14H8ClF8N5O/c1-26-7(15)4-28-10(29)8(9(13(18,19)20)25-11(26)28)6-2-24-27(3-6)5-12(16,17)14(21,22)23/h2-4H,5H2,1H3. The molecule has 0 saturated carbocycles. The molecule has 3 heterocycles. The van der Waals surface area contributed by atoms with Crippen LogP contribution in [0.3, 0.4) is 0 Å². The summed E-state index contributed by atoms with van der Waals surface area (Å²) in [5.74, 6) is -5.64. The lowest BCUT2D eigenvalue weighted by Crippen LogP contribution is -2.40. The summed E-state index contributed by atoms with van der Waals surface area (Å²) in [5, 5.41) is 3.10. The van der Waals surface area contributed by atoms with Crippen LogP contribution in [0.15, 0.2) is 23.4 Å². The predicted octanol–water partition coefficient (Wildman–Crippen LogP) is 3.77. The van der Waals surface area contributed by atoms with E-state index in [0.717, 1.165) is 10.8 Å². The fourth-order valence-electron chi connectivity index (χ4n) is 2.50. The fraction of sp³-hybridized carbons (Fsp3) is 0.357. The van der Waals surface area contributed by atoms with Gasteiger partial charge in [-0.05, 0) is 0 Å². The molecule has 0 radical (unpaired) electrons. The molecular formula is C14H8ClF8N5O. The van der Waals surface area contributed by atoms with Crippen LogP contribution in [-0.4, -0.2) is 35.8 Å². The number of hydrogen-bond acceptors (Lipinski definition) is 3. The van der Waals surface area contributed by atoms with Gasteiger partial charge in [0.1, 0.15) is 11.7 Å². The average molecular weight is 450 g/mol. The molecule has 0 atom stereocenters. The van der Waals surface area contributed by atoms with Crippen molar-refractivity contribution in [2.45, 2.75) is 24.8 Å². The van der Waals surface area contributed by atoms with Gasteiger partial charge in [0, 0.05) is 18.8 Å². The quantitative estimate of drug-likeness (QED) is 0.572. The summed E-state index contributed by atoms with van der Waals surface area (Å²) in [6.07, 6.45) is -9.01. The molecule has 0 bridgehead atoms. The number of hydrogen-bond donors (Lipinski definition) is 0. The lowest BCUT2D eigenvalue weighted by Gasteiger charge is -2.19. The summed E-state index contributed by atoms with van der Waals surface area (Å²) < 4.78 is 106. The van der Waals surface area contributed by atoms with E-state index in [0.29, 0.717) is 16.8 Å². The van der Waals surface area contributed by atoms with Crippen LogP contribution in [0.4, 0.5) is 35.1 Å². The van der Waals surface area contributed by atoms with Gasteiger partial charge in [-0.15, -0.1) is 0 Å². The number of halogens is 9. The van der Waals surface area contributed by atoms with Crippen molar-refractivity contribution in [1.82, 2.24) is 23.7 Å². The normalized spacial score (nSPS) is 13.4. The predicted molar refractivity (Wildman–Crippen MR) is 82.7 cm³/mol. The molecule has 0 aliphatic rings. The van der Waals surface area contributed by atoms with E-state index >= 15 is 0 Å². The van der Waals surface area contributed by atoms with Crippen LogP contribution in [0.2, 0.25) is 5.15 Å². The highest BCUT2D eigenvalue weighted by Crippen LogP contribution is 2.37. The molecule has 158 valence electrons. The van der Waals surface area contributed by atoms with Crippen molar-refractivity contribution >= 4 is 17.4 Å². The van der Waals surface area contributed by atoms with Crippen molar-refractivity contribution in [3.8, 4) is 11.1 Å². The monoisotopic (exact) mass is 449 g/mol. The Labute approximate surface area is 159 Å². The molecule has 0 aliphatic carbocycles. The van der Waals surface area contributed by atoms with Crippen molar-refractivity contribution in [2.75, 3.05) is 0 Å². The molecule has 0 saturated heterocycles. The average Bonchev–Trinajstić information content (AvgIpc) is 3.11. The molecule has 15 heteroatoms. The van der Waals surface area contributed by atoms with Gasteiger partial charge < -0.3 is 4.57 Å². The minimum atomic E-state index is -5.89. The molecule has 0 N–H and O–H groups in total. The molecule has 3 rings (SSSR count). The van der Waals surface area contributed by atoms with E-state index < -0.39 is 53.0 Å². The van der Waals surface area contributed by atoms with Gasteiger partial charge in [-0.2, -0.15) is 40.2 Å². The van der Waals surface area contributed by atoms with Gasteiger partial charge >= 0.3 is 18.3 Å². The number of nitrogens with zero attached hydrogens (tertiary/aromatic N) is 5. The molecule has 3 aromatic rings. The second-order valence-corrected chi connectivity index (χ2v) is 6.34. The van der Waals surface area contributed by atoms with Crippen LogP contribution in [0.25, 0.3) is 16.9 Å². The van der Waals surface area contributed by atoms with Gasteiger partial charge in [-0.3, -0.25) is 9.48 Å². The maximum atomic E-state index is 13.5. The fourth-order valence-corrected chi connectivity index (χ4v) is 2.67. The second-order valence-electron chi connectivity index (χ2n) is 5.95. The van der Waals surface area contributed by atoms with Crippen LogP contribution in [-0.2, 0) is 19.8 Å². The number of aryl methyl sites for hydroxylation is 1. The largest absolute Gasteiger partial charge is 0.455 e. The third-order valence-corrected chi connectivity index (χ3v) is 4.27. The minimum absolute atomic E-state index is 0.0925. The summed E-state index contributed by atoms with van der Waals surface area (Å²) in [5.41, 5.74) is -4.63. The van der Waals surface area contributed by atoms with Crippen molar-refractivity contribution < 1.29 is 35.1 Å². The zero-order valence-corrected chi connectivity index (χ0v) is 14.7. The molecule has 0 aliphatic heterocycles. The highest BCUT2D eigenvalue weighted by molar-refractivity contribution is 6.29. The summed E-state index contributed by atoms with van der Waals surface area (Å²) in [7, 11) is 1.25. The van der Waals surface area contributed by atoms with E-state index in [1.165, 1.54) is 7.05 Å². The summed E-state index contributed by atoms with van der Waals surface area (Å²) in [6, 6.07) is 0. The molecule has 0 fully saturated rings. The zero-order valence-electron chi connectivity index (χ0n) is 14.0. The Morgan fingerprint density at radius 2 is 1.69 bits per heavy atom. The van der Waals surface area contributed by atoms with Gasteiger partial charge in [-0.25, -0.2) is 9.38 Å². The zero-order chi connectivity index (χ0) is 21.9. The van der Waals surface area contributed by atoms with Crippen LogP contribution >= 0.6 is 11.6 Å². The van der Waals surface area contributed by atoms with Crippen molar-refractivity contribution in [2.24, 2.45) is 7.05 Å². The SMILES string of the molecule is Cn1c(Cl)cn2c(=O)c(-c3cnn(CC(F)(F)C(F)(F)F)c3)c(C(F)(F)F)nc12. The first-order chi connectivity index (χ1) is 13.1. The Bertz CT molecular complexity index is 1140. The van der Waals surface area contributed by atoms with Gasteiger partial charge in [-0.1, -0.05) is 11.6 Å². The van der Waals surface area contributed by atoms with E-state index in [2.05, 4.69) is 10.1 Å². The smallest absolute Gasteiger partial charge is 0.304 e. The Morgan fingerprint density at radius 3 is 2.24 bits per heavy atom. The molecule has 0 spiro atoms. The summed E-state index contributed by atoms with van der Waals surface area (Å²) in [4.78, 5) is 16.0. The maximum Gasteiger partial charge on any atom is 0.455 e. The lowest BCUT2D eigenvalue weighted by atomic mass is 10.1. The highest BCUT2D eigenvalue weighted by atomic mass is 35.5. The van der Waals surface area contributed by atoms with Gasteiger partial charge in [0.15, 0.2) is 5.69 Å². The molecule has 3 aromatic heterocycles. The third-order valence-electron chi connectivity index (χ3n) is 3.92. The first-order valence-electron chi connectivity index (χ1n) is 7.45. The first-order valence-corrected chi connectivity index (χ1v) is 7.83. The van der Waals surface area contributed by atoms with Crippen molar-refractivity contribution in [3.05, 3.63) is 39.8 Å². The van der Waals surface area contributed by atoms with E-state index in [1.807, 2.05) is 0 Å². The van der Waals surface area contributed by atoms with E-state index in [4.69, 9.17) is 11.6 Å². The van der Waals surface area contributed by atoms with Gasteiger partial charge in [0.2, 0.25) is 5.78 Å². The minimum Gasteiger partial charge on any atom is -0.304 e. The van der Waals surface area contributed by atoms with E-state index in [-0.39, 0.29) is 9.83 Å². The molecule has 6 nitrogen and oxygen atoms in total. The van der Waals surface area contributed by atoms with E-state index in [9.17, 15) is 39.9 Å². The lowest BCUT2D eigenvalue weighted by molar-refractivity contribution is -0.287. The number of alkyl halides is 8. The van der Waals surface area contributed by atoms with Crippen LogP contribution in [0, 0.1) is 0 Å². The molecule has 29 heavy (non-hydrogen) atoms. The van der Waals surface area contributed by atoms with Crippen LogP contribution in [0.5, 0.6) is 0 Å². The van der Waals surface area contributed by atoms with Gasteiger partial charge in [0.05, 0.1) is 18.0 Å². The van der Waals surface area contributed by atoms with Crippen molar-refractivity contribution in [1.29, 1.82) is 0 Å². The highest BCUT2D eigenvalue weighted by Gasteiger charge is 2.57. The number of rotatable bonds is 3. The number of fused-ring (bicyclic) bond motifs is 1. The van der Waals surface area contributed by atoms with Crippen LogP contribution < -0.4 is 5.56 Å². The Balaban J connectivity index is 2.19. The third kappa shape index (κ3) is 3.56. The molecule has 0 aromatic carbocycles.